The van der Waals surface area contributed by atoms with E-state index in [-0.39, 0.29) is 5.41 Å². The van der Waals surface area contributed by atoms with E-state index in [0.717, 1.165) is 0 Å². The fourth-order valence-corrected chi connectivity index (χ4v) is 2.09. The van der Waals surface area contributed by atoms with Crippen LogP contribution in [-0.4, -0.2) is 5.11 Å². The molecule has 0 bridgehead atoms. The van der Waals surface area contributed by atoms with E-state index < -0.39 is 0 Å². The van der Waals surface area contributed by atoms with Crippen molar-refractivity contribution in [1.29, 1.82) is 0 Å². The SMILES string of the molecule is CC.CCCC(c1ccc(O)cc1)C(C)(C)C. The molecule has 0 saturated heterocycles. The normalized spacial score (nSPS) is 12.6. The van der Waals surface area contributed by atoms with Gasteiger partial charge in [-0.05, 0) is 35.4 Å². The molecule has 1 unspecified atom stereocenters. The third kappa shape index (κ3) is 5.25. The maximum atomic E-state index is 9.27. The van der Waals surface area contributed by atoms with Crippen LogP contribution in [0.1, 0.15) is 65.9 Å². The second kappa shape index (κ2) is 7.37. The van der Waals surface area contributed by atoms with Crippen LogP contribution in [0.4, 0.5) is 0 Å². The van der Waals surface area contributed by atoms with Crippen molar-refractivity contribution in [1.82, 2.24) is 0 Å². The predicted molar refractivity (Wildman–Crippen MR) is 76.6 cm³/mol. The van der Waals surface area contributed by atoms with Crippen molar-refractivity contribution in [2.45, 2.75) is 60.3 Å². The summed E-state index contributed by atoms with van der Waals surface area (Å²) in [7, 11) is 0. The van der Waals surface area contributed by atoms with Gasteiger partial charge in [-0.2, -0.15) is 0 Å². The lowest BCUT2D eigenvalue weighted by Gasteiger charge is -2.31. The molecule has 17 heavy (non-hydrogen) atoms. The highest BCUT2D eigenvalue weighted by molar-refractivity contribution is 5.29. The third-order valence-corrected chi connectivity index (χ3v) is 2.92. The number of hydrogen-bond acceptors (Lipinski definition) is 1. The molecule has 1 heteroatoms. The summed E-state index contributed by atoms with van der Waals surface area (Å²) >= 11 is 0. The van der Waals surface area contributed by atoms with Crippen LogP contribution < -0.4 is 0 Å². The summed E-state index contributed by atoms with van der Waals surface area (Å²) in [5.74, 6) is 0.922. The van der Waals surface area contributed by atoms with Crippen molar-refractivity contribution in [3.05, 3.63) is 29.8 Å². The summed E-state index contributed by atoms with van der Waals surface area (Å²) in [4.78, 5) is 0. The van der Waals surface area contributed by atoms with Crippen LogP contribution in [0.5, 0.6) is 5.75 Å². The Bertz CT molecular complexity index is 292. The van der Waals surface area contributed by atoms with Gasteiger partial charge in [-0.3, -0.25) is 0 Å². The number of hydrogen-bond donors (Lipinski definition) is 1. The Morgan fingerprint density at radius 1 is 1.06 bits per heavy atom. The first-order valence-electron chi connectivity index (χ1n) is 6.74. The zero-order valence-electron chi connectivity index (χ0n) is 12.2. The van der Waals surface area contributed by atoms with Gasteiger partial charge in [0.2, 0.25) is 0 Å². The Morgan fingerprint density at radius 2 is 1.53 bits per heavy atom. The number of phenols is 1. The maximum Gasteiger partial charge on any atom is 0.115 e. The molecule has 1 aromatic rings. The average Bonchev–Trinajstić information content (AvgIpc) is 2.29. The third-order valence-electron chi connectivity index (χ3n) is 2.92. The van der Waals surface area contributed by atoms with E-state index in [4.69, 9.17) is 0 Å². The lowest BCUT2D eigenvalue weighted by molar-refractivity contribution is 0.303. The predicted octanol–water partition coefficient (Wildman–Crippen LogP) is 5.35. The molecule has 1 N–H and O–H groups in total. The van der Waals surface area contributed by atoms with Gasteiger partial charge >= 0.3 is 0 Å². The Hall–Kier alpha value is -0.980. The van der Waals surface area contributed by atoms with Crippen LogP contribution in [0, 0.1) is 5.41 Å². The first-order chi connectivity index (χ1) is 7.95. The summed E-state index contributed by atoms with van der Waals surface area (Å²) in [5.41, 5.74) is 1.62. The van der Waals surface area contributed by atoms with Crippen LogP contribution in [0.3, 0.4) is 0 Å². The van der Waals surface area contributed by atoms with Crippen LogP contribution in [-0.2, 0) is 0 Å². The van der Waals surface area contributed by atoms with Gasteiger partial charge in [0.1, 0.15) is 5.75 Å². The first-order valence-corrected chi connectivity index (χ1v) is 6.74. The van der Waals surface area contributed by atoms with Gasteiger partial charge in [-0.15, -0.1) is 0 Å². The van der Waals surface area contributed by atoms with Gasteiger partial charge in [-0.25, -0.2) is 0 Å². The molecule has 0 aromatic heterocycles. The molecule has 0 aliphatic carbocycles. The van der Waals surface area contributed by atoms with Gasteiger partial charge in [0.05, 0.1) is 0 Å². The Kier molecular flexibility index (Phi) is 6.94. The lowest BCUT2D eigenvalue weighted by Crippen LogP contribution is -2.18. The molecule has 98 valence electrons. The van der Waals surface area contributed by atoms with E-state index in [1.807, 2.05) is 26.0 Å². The van der Waals surface area contributed by atoms with Crippen LogP contribution in [0.25, 0.3) is 0 Å². The van der Waals surface area contributed by atoms with Gasteiger partial charge in [0, 0.05) is 0 Å². The molecule has 1 atom stereocenters. The maximum absolute atomic E-state index is 9.27. The number of benzene rings is 1. The van der Waals surface area contributed by atoms with E-state index in [2.05, 4.69) is 27.7 Å². The van der Waals surface area contributed by atoms with Gasteiger partial charge in [0.25, 0.3) is 0 Å². The lowest BCUT2D eigenvalue weighted by atomic mass is 9.74. The van der Waals surface area contributed by atoms with E-state index >= 15 is 0 Å². The highest BCUT2D eigenvalue weighted by atomic mass is 16.3. The topological polar surface area (TPSA) is 20.2 Å². The smallest absolute Gasteiger partial charge is 0.115 e. The van der Waals surface area contributed by atoms with E-state index in [1.54, 1.807) is 12.1 Å². The van der Waals surface area contributed by atoms with Crippen molar-refractivity contribution in [2.24, 2.45) is 5.41 Å². The van der Waals surface area contributed by atoms with Gasteiger partial charge in [-0.1, -0.05) is 60.1 Å². The quantitative estimate of drug-likeness (QED) is 0.750. The summed E-state index contributed by atoms with van der Waals surface area (Å²) in [5, 5.41) is 9.27. The number of rotatable bonds is 3. The summed E-state index contributed by atoms with van der Waals surface area (Å²) in [6, 6.07) is 7.65. The monoisotopic (exact) mass is 236 g/mol. The zero-order valence-corrected chi connectivity index (χ0v) is 12.2. The molecule has 0 fully saturated rings. The van der Waals surface area contributed by atoms with E-state index in [0.29, 0.717) is 11.7 Å². The molecule has 0 aliphatic heterocycles. The fourth-order valence-electron chi connectivity index (χ4n) is 2.09. The molecule has 0 amide bonds. The van der Waals surface area contributed by atoms with Gasteiger partial charge < -0.3 is 5.11 Å². The molecule has 1 nitrogen and oxygen atoms in total. The van der Waals surface area contributed by atoms with Crippen LogP contribution >= 0.6 is 0 Å². The highest BCUT2D eigenvalue weighted by Gasteiger charge is 2.25. The second-order valence-corrected chi connectivity index (χ2v) is 5.30. The van der Waals surface area contributed by atoms with Crippen LogP contribution in [0.15, 0.2) is 24.3 Å². The molecule has 0 heterocycles. The highest BCUT2D eigenvalue weighted by Crippen LogP contribution is 2.38. The van der Waals surface area contributed by atoms with E-state index in [9.17, 15) is 5.11 Å². The summed E-state index contributed by atoms with van der Waals surface area (Å²) < 4.78 is 0. The standard InChI is InChI=1S/C14H22O.C2H6/c1-5-6-13(14(2,3)4)11-7-9-12(15)10-8-11;1-2/h7-10,13,15H,5-6H2,1-4H3;1-2H3. The van der Waals surface area contributed by atoms with Crippen LogP contribution in [0.2, 0.25) is 0 Å². The largest absolute Gasteiger partial charge is 0.508 e. The molecule has 0 radical (unpaired) electrons. The summed E-state index contributed by atoms with van der Waals surface area (Å²) in [6.07, 6.45) is 2.40. The molecule has 0 aliphatic rings. The zero-order chi connectivity index (χ0) is 13.5. The molecule has 0 spiro atoms. The minimum Gasteiger partial charge on any atom is -0.508 e. The van der Waals surface area contributed by atoms with Crippen molar-refractivity contribution < 1.29 is 5.11 Å². The second-order valence-electron chi connectivity index (χ2n) is 5.30. The Labute approximate surface area is 107 Å². The summed E-state index contributed by atoms with van der Waals surface area (Å²) in [6.45, 7) is 13.1. The molecular formula is C16H28O. The average molecular weight is 236 g/mol. The van der Waals surface area contributed by atoms with E-state index in [1.165, 1.54) is 18.4 Å². The molecule has 1 rings (SSSR count). The number of aromatic hydroxyl groups is 1. The minimum atomic E-state index is 0.285. The van der Waals surface area contributed by atoms with Crippen molar-refractivity contribution in [3.8, 4) is 5.75 Å². The fraction of sp³-hybridized carbons (Fsp3) is 0.625. The molecular weight excluding hydrogens is 208 g/mol. The first kappa shape index (κ1) is 16.0. The molecule has 1 aromatic carbocycles. The number of phenolic OH excluding ortho intramolecular Hbond substituents is 1. The van der Waals surface area contributed by atoms with Crippen molar-refractivity contribution in [2.75, 3.05) is 0 Å². The molecule has 0 saturated carbocycles. The van der Waals surface area contributed by atoms with Gasteiger partial charge in [0.15, 0.2) is 0 Å². The van der Waals surface area contributed by atoms with Crippen molar-refractivity contribution >= 4 is 0 Å². The Morgan fingerprint density at radius 3 is 1.88 bits per heavy atom. The minimum absolute atomic E-state index is 0.285. The van der Waals surface area contributed by atoms with Crippen molar-refractivity contribution in [3.63, 3.8) is 0 Å². The Balaban J connectivity index is 0.00000121.